The van der Waals surface area contributed by atoms with Crippen molar-refractivity contribution in [2.24, 2.45) is 0 Å². The Morgan fingerprint density at radius 3 is 2.07 bits per heavy atom. The first-order chi connectivity index (χ1) is 13.0. The van der Waals surface area contributed by atoms with E-state index in [1.165, 1.54) is 7.05 Å². The van der Waals surface area contributed by atoms with E-state index in [0.717, 1.165) is 27.2 Å². The number of nitrogens with zero attached hydrogens (tertiary/aromatic N) is 1. The zero-order valence-corrected chi connectivity index (χ0v) is 14.8. The molecule has 0 atom stereocenters. The van der Waals surface area contributed by atoms with Crippen molar-refractivity contribution in [1.29, 1.82) is 0 Å². The first-order valence-corrected chi connectivity index (χ1v) is 8.41. The van der Waals surface area contributed by atoms with Gasteiger partial charge in [-0.15, -0.1) is 0 Å². The number of esters is 1. The number of fused-ring (bicyclic) bond motifs is 3. The zero-order chi connectivity index (χ0) is 19.4. The molecule has 0 aliphatic heterocycles. The molecular formula is C20H19NO6. The van der Waals surface area contributed by atoms with Crippen LogP contribution in [0.25, 0.3) is 11.1 Å². The number of carboxylic acid groups (broad SMARTS) is 1. The van der Waals surface area contributed by atoms with Gasteiger partial charge in [-0.05, 0) is 22.3 Å². The first-order valence-electron chi connectivity index (χ1n) is 8.41. The first kappa shape index (κ1) is 18.4. The average molecular weight is 369 g/mol. The van der Waals surface area contributed by atoms with Gasteiger partial charge in [0, 0.05) is 13.0 Å². The summed E-state index contributed by atoms with van der Waals surface area (Å²) in [5, 5.41) is 8.49. The van der Waals surface area contributed by atoms with Crippen LogP contribution in [0.4, 0.5) is 4.79 Å². The normalized spacial score (nSPS) is 12.0. The molecule has 7 heteroatoms. The average Bonchev–Trinajstić information content (AvgIpc) is 2.98. The zero-order valence-electron chi connectivity index (χ0n) is 14.8. The van der Waals surface area contributed by atoms with Crippen molar-refractivity contribution < 1.29 is 29.0 Å². The van der Waals surface area contributed by atoms with Gasteiger partial charge >= 0.3 is 18.0 Å². The molecule has 1 amide bonds. The highest BCUT2D eigenvalue weighted by molar-refractivity contribution is 5.81. The molecule has 0 bridgehead atoms. The number of likely N-dealkylation sites (N-methyl/N-ethyl adjacent to an activating group) is 1. The maximum Gasteiger partial charge on any atom is 0.410 e. The Morgan fingerprint density at radius 1 is 0.963 bits per heavy atom. The molecule has 27 heavy (non-hydrogen) atoms. The Balaban J connectivity index is 1.62. The van der Waals surface area contributed by atoms with Gasteiger partial charge in [0.05, 0.1) is 0 Å². The van der Waals surface area contributed by atoms with Gasteiger partial charge in [0.1, 0.15) is 13.2 Å². The van der Waals surface area contributed by atoms with E-state index >= 15 is 0 Å². The summed E-state index contributed by atoms with van der Waals surface area (Å²) in [6.07, 6.45) is -0.677. The maximum atomic E-state index is 12.2. The Kier molecular flexibility index (Phi) is 5.40. The minimum absolute atomic E-state index is 0.0753. The third kappa shape index (κ3) is 4.08. The van der Waals surface area contributed by atoms with E-state index in [1.54, 1.807) is 0 Å². The van der Waals surface area contributed by atoms with Gasteiger partial charge in [-0.3, -0.25) is 4.79 Å². The van der Waals surface area contributed by atoms with E-state index in [2.05, 4.69) is 4.74 Å². The van der Waals surface area contributed by atoms with Gasteiger partial charge in [-0.2, -0.15) is 0 Å². The quantitative estimate of drug-likeness (QED) is 0.787. The van der Waals surface area contributed by atoms with Gasteiger partial charge in [0.15, 0.2) is 6.61 Å². The van der Waals surface area contributed by atoms with E-state index in [4.69, 9.17) is 9.84 Å². The number of aliphatic carboxylic acids is 1. The Labute approximate surface area is 156 Å². The monoisotopic (exact) mass is 369 g/mol. The molecular weight excluding hydrogens is 350 g/mol. The number of carboxylic acids is 1. The number of benzene rings is 2. The molecule has 0 heterocycles. The van der Waals surface area contributed by atoms with E-state index < -0.39 is 24.6 Å². The molecule has 0 fully saturated rings. The van der Waals surface area contributed by atoms with Crippen LogP contribution in [0.15, 0.2) is 48.5 Å². The summed E-state index contributed by atoms with van der Waals surface area (Å²) >= 11 is 0. The van der Waals surface area contributed by atoms with Crippen LogP contribution in [0, 0.1) is 0 Å². The Bertz CT molecular complexity index is 833. The summed E-state index contributed by atoms with van der Waals surface area (Å²) in [4.78, 5) is 35.1. The SMILES string of the molecule is CN(CC(=O)OCC(=O)O)C(=O)OCC1c2ccccc2-c2ccccc21. The van der Waals surface area contributed by atoms with Crippen LogP contribution in [-0.4, -0.2) is 54.8 Å². The topological polar surface area (TPSA) is 93.1 Å². The molecule has 1 N–H and O–H groups in total. The third-order valence-corrected chi connectivity index (χ3v) is 4.37. The number of hydrogen-bond acceptors (Lipinski definition) is 5. The van der Waals surface area contributed by atoms with Crippen LogP contribution < -0.4 is 0 Å². The largest absolute Gasteiger partial charge is 0.479 e. The van der Waals surface area contributed by atoms with E-state index in [0.29, 0.717) is 0 Å². The molecule has 2 aromatic rings. The van der Waals surface area contributed by atoms with Crippen molar-refractivity contribution in [2.45, 2.75) is 5.92 Å². The molecule has 0 saturated carbocycles. The van der Waals surface area contributed by atoms with E-state index in [9.17, 15) is 14.4 Å². The van der Waals surface area contributed by atoms with Crippen molar-refractivity contribution in [3.8, 4) is 11.1 Å². The van der Waals surface area contributed by atoms with Crippen molar-refractivity contribution in [3.63, 3.8) is 0 Å². The molecule has 0 spiro atoms. The van der Waals surface area contributed by atoms with Crippen LogP contribution in [0.1, 0.15) is 17.0 Å². The minimum atomic E-state index is -1.26. The van der Waals surface area contributed by atoms with Crippen molar-refractivity contribution in [3.05, 3.63) is 59.7 Å². The minimum Gasteiger partial charge on any atom is -0.479 e. The summed E-state index contributed by atoms with van der Waals surface area (Å²) < 4.78 is 9.90. The van der Waals surface area contributed by atoms with Crippen LogP contribution in [-0.2, 0) is 19.1 Å². The number of rotatable bonds is 6. The van der Waals surface area contributed by atoms with Crippen LogP contribution >= 0.6 is 0 Å². The lowest BCUT2D eigenvalue weighted by molar-refractivity contribution is -0.155. The fourth-order valence-electron chi connectivity index (χ4n) is 3.15. The standard InChI is InChI=1S/C20H19NO6/c1-21(10-19(24)26-12-18(22)23)20(25)27-11-17-15-8-4-2-6-13(15)14-7-3-5-9-16(14)17/h2-9,17H,10-12H2,1H3,(H,22,23). The molecule has 0 saturated heterocycles. The molecule has 0 unspecified atom stereocenters. The number of carbonyl (C=O) groups is 3. The Morgan fingerprint density at radius 2 is 1.52 bits per heavy atom. The highest BCUT2D eigenvalue weighted by Crippen LogP contribution is 2.44. The lowest BCUT2D eigenvalue weighted by Gasteiger charge is -2.19. The van der Waals surface area contributed by atoms with Crippen LogP contribution in [0.2, 0.25) is 0 Å². The smallest absolute Gasteiger partial charge is 0.410 e. The molecule has 0 aromatic heterocycles. The summed E-state index contributed by atoms with van der Waals surface area (Å²) in [5.74, 6) is -2.14. The van der Waals surface area contributed by atoms with Crippen molar-refractivity contribution in [1.82, 2.24) is 4.90 Å². The second kappa shape index (κ2) is 7.90. The highest BCUT2D eigenvalue weighted by atomic mass is 16.6. The molecule has 2 aromatic carbocycles. The molecule has 7 nitrogen and oxygen atoms in total. The van der Waals surface area contributed by atoms with E-state index in [1.807, 2.05) is 48.5 Å². The summed E-state index contributed by atoms with van der Waals surface area (Å²) in [6, 6.07) is 16.0. The van der Waals surface area contributed by atoms with Gasteiger partial charge < -0.3 is 19.5 Å². The molecule has 1 aliphatic rings. The summed E-state index contributed by atoms with van der Waals surface area (Å²) in [5.41, 5.74) is 4.43. The highest BCUT2D eigenvalue weighted by Gasteiger charge is 2.29. The van der Waals surface area contributed by atoms with Crippen LogP contribution in [0.3, 0.4) is 0 Å². The van der Waals surface area contributed by atoms with E-state index in [-0.39, 0.29) is 19.1 Å². The number of amides is 1. The molecule has 1 aliphatic carbocycles. The lowest BCUT2D eigenvalue weighted by atomic mass is 9.98. The number of carbonyl (C=O) groups excluding carboxylic acids is 2. The second-order valence-electron chi connectivity index (χ2n) is 6.21. The summed E-state index contributed by atoms with van der Waals surface area (Å²) in [7, 11) is 1.39. The number of hydrogen-bond donors (Lipinski definition) is 1. The molecule has 0 radical (unpaired) electrons. The van der Waals surface area contributed by atoms with Gasteiger partial charge in [-0.25, -0.2) is 9.59 Å². The predicted octanol–water partition coefficient (Wildman–Crippen LogP) is 2.50. The van der Waals surface area contributed by atoms with Crippen molar-refractivity contribution >= 4 is 18.0 Å². The van der Waals surface area contributed by atoms with Gasteiger partial charge in [-0.1, -0.05) is 48.5 Å². The maximum absolute atomic E-state index is 12.2. The lowest BCUT2D eigenvalue weighted by Crippen LogP contribution is -2.34. The van der Waals surface area contributed by atoms with Gasteiger partial charge in [0.2, 0.25) is 0 Å². The molecule has 3 rings (SSSR count). The summed E-state index contributed by atoms with van der Waals surface area (Å²) in [6.45, 7) is -0.983. The van der Waals surface area contributed by atoms with Crippen molar-refractivity contribution in [2.75, 3.05) is 26.8 Å². The second-order valence-corrected chi connectivity index (χ2v) is 6.21. The Hall–Kier alpha value is -3.35. The fourth-order valence-corrected chi connectivity index (χ4v) is 3.15. The fraction of sp³-hybridized carbons (Fsp3) is 0.250. The number of ether oxygens (including phenoxy) is 2. The molecule has 140 valence electrons. The predicted molar refractivity (Wildman–Crippen MR) is 96.3 cm³/mol. The van der Waals surface area contributed by atoms with Gasteiger partial charge in [0.25, 0.3) is 0 Å². The van der Waals surface area contributed by atoms with Crippen LogP contribution in [0.5, 0.6) is 0 Å². The third-order valence-electron chi connectivity index (χ3n) is 4.37.